The number of nitrogens with two attached hydrogens (primary N) is 1. The summed E-state index contributed by atoms with van der Waals surface area (Å²) in [5, 5.41) is 0. The first-order valence-electron chi connectivity index (χ1n) is 5.96. The van der Waals surface area contributed by atoms with Gasteiger partial charge in [0.2, 0.25) is 0 Å². The van der Waals surface area contributed by atoms with Crippen molar-refractivity contribution in [2.24, 2.45) is 5.73 Å². The molecule has 0 aliphatic rings. The molecule has 0 saturated carbocycles. The molecule has 0 heterocycles. The maximum atomic E-state index is 13.8. The van der Waals surface area contributed by atoms with Crippen molar-refractivity contribution in [3.63, 3.8) is 0 Å². The quantitative estimate of drug-likeness (QED) is 0.808. The number of ether oxygens (including phenoxy) is 2. The van der Waals surface area contributed by atoms with E-state index in [4.69, 9.17) is 10.5 Å². The molecule has 0 unspecified atom stereocenters. The fourth-order valence-electron chi connectivity index (χ4n) is 1.53. The zero-order chi connectivity index (χ0) is 14.5. The second-order valence-corrected chi connectivity index (χ2v) is 3.83. The number of benzene rings is 1. The Kier molecular flexibility index (Phi) is 5.23. The van der Waals surface area contributed by atoms with Gasteiger partial charge in [-0.2, -0.15) is 8.78 Å². The Bertz CT molecular complexity index is 438. The third kappa shape index (κ3) is 3.64. The number of carbonyl (C=O) groups is 1. The predicted octanol–water partition coefficient (Wildman–Crippen LogP) is 2.28. The van der Waals surface area contributed by atoms with Gasteiger partial charge in [0.05, 0.1) is 13.2 Å². The van der Waals surface area contributed by atoms with E-state index in [0.717, 1.165) is 0 Å². The molecule has 0 bridgehead atoms. The van der Waals surface area contributed by atoms with Crippen molar-refractivity contribution in [1.29, 1.82) is 0 Å². The average molecular weight is 273 g/mol. The number of hydrogen-bond donors (Lipinski definition) is 1. The summed E-state index contributed by atoms with van der Waals surface area (Å²) in [5.74, 6) is -4.97. The average Bonchev–Trinajstić information content (AvgIpc) is 2.38. The standard InChI is InChI=1S/C13H17F2NO3/c1-3-18-10-7-5-6-9(8-10)11(16)13(14,15)12(17)19-4-2/h5-8,11H,3-4,16H2,1-2H3/t11-/m0/s1. The molecule has 0 saturated heterocycles. The lowest BCUT2D eigenvalue weighted by Gasteiger charge is -2.22. The second kappa shape index (κ2) is 6.47. The Balaban J connectivity index is 2.95. The Morgan fingerprint density at radius 1 is 1.37 bits per heavy atom. The normalized spacial score (nSPS) is 12.9. The molecule has 4 nitrogen and oxygen atoms in total. The largest absolute Gasteiger partial charge is 0.494 e. The Morgan fingerprint density at radius 2 is 2.05 bits per heavy atom. The highest BCUT2D eigenvalue weighted by Crippen LogP contribution is 2.32. The first-order chi connectivity index (χ1) is 8.93. The van der Waals surface area contributed by atoms with Crippen molar-refractivity contribution in [2.45, 2.75) is 25.8 Å². The van der Waals surface area contributed by atoms with Crippen molar-refractivity contribution in [2.75, 3.05) is 13.2 Å². The van der Waals surface area contributed by atoms with E-state index in [1.54, 1.807) is 19.1 Å². The summed E-state index contributed by atoms with van der Waals surface area (Å²) in [6.07, 6.45) is 0. The van der Waals surface area contributed by atoms with Crippen LogP contribution in [0, 0.1) is 0 Å². The van der Waals surface area contributed by atoms with Gasteiger partial charge in [-0.15, -0.1) is 0 Å². The van der Waals surface area contributed by atoms with Crippen LogP contribution >= 0.6 is 0 Å². The number of carbonyl (C=O) groups excluding carboxylic acids is 1. The van der Waals surface area contributed by atoms with E-state index in [-0.39, 0.29) is 12.2 Å². The number of rotatable bonds is 6. The smallest absolute Gasteiger partial charge is 0.379 e. The molecule has 0 amide bonds. The zero-order valence-electron chi connectivity index (χ0n) is 10.9. The van der Waals surface area contributed by atoms with Crippen molar-refractivity contribution in [3.05, 3.63) is 29.8 Å². The summed E-state index contributed by atoms with van der Waals surface area (Å²) < 4.78 is 37.0. The molecular weight excluding hydrogens is 256 g/mol. The van der Waals surface area contributed by atoms with E-state index in [0.29, 0.717) is 12.4 Å². The molecule has 19 heavy (non-hydrogen) atoms. The molecule has 0 fully saturated rings. The van der Waals surface area contributed by atoms with Gasteiger partial charge in [-0.05, 0) is 31.5 Å². The molecule has 0 aromatic heterocycles. The minimum absolute atomic E-state index is 0.115. The molecule has 0 aliphatic heterocycles. The van der Waals surface area contributed by atoms with E-state index in [2.05, 4.69) is 4.74 Å². The minimum atomic E-state index is -3.78. The molecule has 106 valence electrons. The van der Waals surface area contributed by atoms with E-state index in [9.17, 15) is 13.6 Å². The Labute approximate surface area is 110 Å². The van der Waals surface area contributed by atoms with Gasteiger partial charge >= 0.3 is 11.9 Å². The predicted molar refractivity (Wildman–Crippen MR) is 66.1 cm³/mol. The van der Waals surface area contributed by atoms with Crippen LogP contribution in [0.25, 0.3) is 0 Å². The second-order valence-electron chi connectivity index (χ2n) is 3.83. The SMILES string of the molecule is CCOC(=O)C(F)(F)[C@@H](N)c1cccc(OCC)c1. The first kappa shape index (κ1) is 15.4. The molecule has 0 radical (unpaired) electrons. The minimum Gasteiger partial charge on any atom is -0.494 e. The fraction of sp³-hybridized carbons (Fsp3) is 0.462. The van der Waals surface area contributed by atoms with Gasteiger partial charge in [0.25, 0.3) is 0 Å². The van der Waals surface area contributed by atoms with Crippen LogP contribution in [-0.2, 0) is 9.53 Å². The summed E-state index contributed by atoms with van der Waals surface area (Å²) in [6, 6.07) is 4.21. The topological polar surface area (TPSA) is 61.5 Å². The molecule has 1 aromatic carbocycles. The lowest BCUT2D eigenvalue weighted by molar-refractivity contribution is -0.174. The molecule has 1 rings (SSSR count). The summed E-state index contributed by atoms with van der Waals surface area (Å²) in [7, 11) is 0. The van der Waals surface area contributed by atoms with Gasteiger partial charge in [0.1, 0.15) is 11.8 Å². The van der Waals surface area contributed by atoms with Gasteiger partial charge in [-0.3, -0.25) is 0 Å². The van der Waals surface area contributed by atoms with Gasteiger partial charge in [0, 0.05) is 0 Å². The van der Waals surface area contributed by atoms with Crippen LogP contribution in [0.15, 0.2) is 24.3 Å². The van der Waals surface area contributed by atoms with Crippen molar-refractivity contribution < 1.29 is 23.0 Å². The maximum Gasteiger partial charge on any atom is 0.379 e. The van der Waals surface area contributed by atoms with Crippen LogP contribution in [-0.4, -0.2) is 25.1 Å². The molecule has 1 atom stereocenters. The molecular formula is C13H17F2NO3. The summed E-state index contributed by atoms with van der Waals surface area (Å²) in [5.41, 5.74) is 5.58. The monoisotopic (exact) mass is 273 g/mol. The van der Waals surface area contributed by atoms with Crippen LogP contribution in [0.2, 0.25) is 0 Å². The van der Waals surface area contributed by atoms with Crippen LogP contribution < -0.4 is 10.5 Å². The van der Waals surface area contributed by atoms with Gasteiger partial charge < -0.3 is 15.2 Å². The van der Waals surface area contributed by atoms with Crippen molar-refractivity contribution >= 4 is 5.97 Å². The lowest BCUT2D eigenvalue weighted by Crippen LogP contribution is -2.41. The van der Waals surface area contributed by atoms with Crippen LogP contribution in [0.3, 0.4) is 0 Å². The summed E-state index contributed by atoms with van der Waals surface area (Å²) in [4.78, 5) is 11.2. The van der Waals surface area contributed by atoms with E-state index in [1.807, 2.05) is 0 Å². The third-order valence-electron chi connectivity index (χ3n) is 2.47. The summed E-state index contributed by atoms with van der Waals surface area (Å²) >= 11 is 0. The van der Waals surface area contributed by atoms with Crippen LogP contribution in [0.1, 0.15) is 25.5 Å². The molecule has 2 N–H and O–H groups in total. The van der Waals surface area contributed by atoms with Gasteiger partial charge in [-0.1, -0.05) is 12.1 Å². The van der Waals surface area contributed by atoms with Gasteiger partial charge in [0.15, 0.2) is 0 Å². The first-order valence-corrected chi connectivity index (χ1v) is 5.96. The molecule has 0 aliphatic carbocycles. The van der Waals surface area contributed by atoms with E-state index < -0.39 is 17.9 Å². The Hall–Kier alpha value is -1.69. The Morgan fingerprint density at radius 3 is 2.63 bits per heavy atom. The molecule has 1 aromatic rings. The molecule has 0 spiro atoms. The highest BCUT2D eigenvalue weighted by molar-refractivity contribution is 5.78. The number of esters is 1. The number of hydrogen-bond acceptors (Lipinski definition) is 4. The summed E-state index contributed by atoms with van der Waals surface area (Å²) in [6.45, 7) is 3.52. The number of halogens is 2. The lowest BCUT2D eigenvalue weighted by atomic mass is 10.0. The highest BCUT2D eigenvalue weighted by Gasteiger charge is 2.47. The van der Waals surface area contributed by atoms with E-state index in [1.165, 1.54) is 19.1 Å². The molecule has 6 heteroatoms. The van der Waals surface area contributed by atoms with Crippen LogP contribution in [0.5, 0.6) is 5.75 Å². The zero-order valence-corrected chi connectivity index (χ0v) is 10.9. The van der Waals surface area contributed by atoms with Gasteiger partial charge in [-0.25, -0.2) is 4.79 Å². The fourth-order valence-corrected chi connectivity index (χ4v) is 1.53. The third-order valence-corrected chi connectivity index (χ3v) is 2.47. The van der Waals surface area contributed by atoms with Crippen LogP contribution in [0.4, 0.5) is 8.78 Å². The highest BCUT2D eigenvalue weighted by atomic mass is 19.3. The maximum absolute atomic E-state index is 13.8. The van der Waals surface area contributed by atoms with Crippen molar-refractivity contribution in [3.8, 4) is 5.75 Å². The van der Waals surface area contributed by atoms with Crippen molar-refractivity contribution in [1.82, 2.24) is 0 Å². The van der Waals surface area contributed by atoms with E-state index >= 15 is 0 Å². The number of alkyl halides is 2.